The molecule has 3 aromatic rings. The molecule has 7 nitrogen and oxygen atoms in total. The van der Waals surface area contributed by atoms with Crippen LogP contribution >= 0.6 is 0 Å². The maximum atomic E-state index is 12.2. The van der Waals surface area contributed by atoms with Crippen molar-refractivity contribution in [2.75, 3.05) is 10.6 Å². The lowest BCUT2D eigenvalue weighted by Crippen LogP contribution is -2.16. The number of anilines is 2. The number of furan rings is 1. The van der Waals surface area contributed by atoms with Crippen LogP contribution in [0.1, 0.15) is 26.6 Å². The number of carbonyl (C=O) groups excluding carboxylic acids is 2. The number of aromatic nitrogens is 2. The van der Waals surface area contributed by atoms with E-state index in [9.17, 15) is 9.59 Å². The Kier molecular flexibility index (Phi) is 4.15. The number of benzene rings is 1. The third-order valence-electron chi connectivity index (χ3n) is 3.53. The molecule has 0 radical (unpaired) electrons. The molecule has 3 rings (SSSR count). The van der Waals surface area contributed by atoms with Gasteiger partial charge in [0.2, 0.25) is 0 Å². The first-order chi connectivity index (χ1) is 11.5. The monoisotopic (exact) mass is 324 g/mol. The molecule has 0 unspecified atom stereocenters. The summed E-state index contributed by atoms with van der Waals surface area (Å²) in [5.41, 5.74) is 2.56. The van der Waals surface area contributed by atoms with Gasteiger partial charge in [-0.1, -0.05) is 0 Å². The van der Waals surface area contributed by atoms with Gasteiger partial charge in [-0.05, 0) is 48.9 Å². The molecule has 122 valence electrons. The Morgan fingerprint density at radius 1 is 1.12 bits per heavy atom. The molecule has 24 heavy (non-hydrogen) atoms. The van der Waals surface area contributed by atoms with Crippen LogP contribution in [0.15, 0.2) is 53.3 Å². The fraction of sp³-hybridized carbons (Fsp3) is 0.118. The molecule has 7 heteroatoms. The molecule has 0 aliphatic heterocycles. The summed E-state index contributed by atoms with van der Waals surface area (Å²) in [4.78, 5) is 24.2. The highest BCUT2D eigenvalue weighted by Gasteiger charge is 2.13. The predicted molar refractivity (Wildman–Crippen MR) is 89.0 cm³/mol. The SMILES string of the molecule is Cc1cc(NC(=O)c2ccnn2C)ccc1NC(=O)c1ccco1. The summed E-state index contributed by atoms with van der Waals surface area (Å²) in [5.74, 6) is -0.334. The van der Waals surface area contributed by atoms with Crippen molar-refractivity contribution in [3.63, 3.8) is 0 Å². The molecule has 0 atom stereocenters. The zero-order chi connectivity index (χ0) is 17.1. The average Bonchev–Trinajstić information content (AvgIpc) is 3.21. The summed E-state index contributed by atoms with van der Waals surface area (Å²) >= 11 is 0. The zero-order valence-corrected chi connectivity index (χ0v) is 13.2. The minimum absolute atomic E-state index is 0.239. The molecule has 1 aromatic carbocycles. The Bertz CT molecular complexity index is 881. The van der Waals surface area contributed by atoms with Gasteiger partial charge in [-0.15, -0.1) is 0 Å². The summed E-state index contributed by atoms with van der Waals surface area (Å²) in [7, 11) is 1.70. The van der Waals surface area contributed by atoms with Crippen molar-refractivity contribution >= 4 is 23.2 Å². The Labute approximate surface area is 138 Å². The van der Waals surface area contributed by atoms with Gasteiger partial charge in [0, 0.05) is 24.6 Å². The van der Waals surface area contributed by atoms with E-state index in [2.05, 4.69) is 15.7 Å². The second kappa shape index (κ2) is 6.41. The van der Waals surface area contributed by atoms with Crippen LogP contribution in [0.4, 0.5) is 11.4 Å². The van der Waals surface area contributed by atoms with Gasteiger partial charge in [-0.25, -0.2) is 0 Å². The molecular weight excluding hydrogens is 308 g/mol. The molecule has 0 bridgehead atoms. The molecule has 2 heterocycles. The van der Waals surface area contributed by atoms with Crippen molar-refractivity contribution in [2.24, 2.45) is 7.05 Å². The van der Waals surface area contributed by atoms with Gasteiger partial charge in [0.05, 0.1) is 6.26 Å². The molecule has 2 N–H and O–H groups in total. The van der Waals surface area contributed by atoms with E-state index in [1.807, 2.05) is 6.92 Å². The number of nitrogens with zero attached hydrogens (tertiary/aromatic N) is 2. The van der Waals surface area contributed by atoms with Crippen LogP contribution in [-0.4, -0.2) is 21.6 Å². The Hall–Kier alpha value is -3.35. The third kappa shape index (κ3) is 3.19. The first-order valence-corrected chi connectivity index (χ1v) is 7.29. The van der Waals surface area contributed by atoms with Gasteiger partial charge in [0.15, 0.2) is 5.76 Å². The van der Waals surface area contributed by atoms with Crippen molar-refractivity contribution < 1.29 is 14.0 Å². The lowest BCUT2D eigenvalue weighted by Gasteiger charge is -2.10. The first kappa shape index (κ1) is 15.5. The van der Waals surface area contributed by atoms with Crippen LogP contribution in [0.5, 0.6) is 0 Å². The molecule has 2 aromatic heterocycles. The van der Waals surface area contributed by atoms with Gasteiger partial charge in [0.25, 0.3) is 11.8 Å². The first-order valence-electron chi connectivity index (χ1n) is 7.29. The summed E-state index contributed by atoms with van der Waals surface area (Å²) < 4.78 is 6.56. The van der Waals surface area contributed by atoms with Crippen LogP contribution < -0.4 is 10.6 Å². The number of amides is 2. The molecule has 0 aliphatic carbocycles. The second-order valence-electron chi connectivity index (χ2n) is 5.26. The number of hydrogen-bond donors (Lipinski definition) is 2. The normalized spacial score (nSPS) is 10.4. The van der Waals surface area contributed by atoms with E-state index in [0.29, 0.717) is 17.1 Å². The Morgan fingerprint density at radius 3 is 2.58 bits per heavy atom. The van der Waals surface area contributed by atoms with Crippen molar-refractivity contribution in [2.45, 2.75) is 6.92 Å². The zero-order valence-electron chi connectivity index (χ0n) is 13.2. The number of nitrogens with one attached hydrogen (secondary N) is 2. The fourth-order valence-electron chi connectivity index (χ4n) is 2.27. The van der Waals surface area contributed by atoms with Gasteiger partial charge in [0.1, 0.15) is 5.69 Å². The second-order valence-corrected chi connectivity index (χ2v) is 5.26. The molecule has 2 amide bonds. The number of aryl methyl sites for hydroxylation is 2. The van der Waals surface area contributed by atoms with E-state index < -0.39 is 0 Å². The minimum Gasteiger partial charge on any atom is -0.459 e. The van der Waals surface area contributed by atoms with Crippen LogP contribution in [-0.2, 0) is 7.05 Å². The molecule has 0 fully saturated rings. The molecule has 0 spiro atoms. The summed E-state index contributed by atoms with van der Waals surface area (Å²) in [5, 5.41) is 9.54. The smallest absolute Gasteiger partial charge is 0.291 e. The summed E-state index contributed by atoms with van der Waals surface area (Å²) in [6, 6.07) is 10.1. The maximum Gasteiger partial charge on any atom is 0.291 e. The minimum atomic E-state index is -0.324. The quantitative estimate of drug-likeness (QED) is 0.772. The number of rotatable bonds is 4. The molecular formula is C17H16N4O3. The van der Waals surface area contributed by atoms with E-state index in [1.54, 1.807) is 49.6 Å². The fourth-order valence-corrected chi connectivity index (χ4v) is 2.27. The van der Waals surface area contributed by atoms with Gasteiger partial charge in [-0.3, -0.25) is 14.3 Å². The summed E-state index contributed by atoms with van der Waals surface area (Å²) in [6.07, 6.45) is 3.01. The van der Waals surface area contributed by atoms with Crippen molar-refractivity contribution in [1.82, 2.24) is 9.78 Å². The lowest BCUT2D eigenvalue weighted by molar-refractivity contribution is 0.0993. The van der Waals surface area contributed by atoms with Crippen LogP contribution in [0.2, 0.25) is 0 Å². The number of hydrogen-bond acceptors (Lipinski definition) is 4. The van der Waals surface area contributed by atoms with Crippen molar-refractivity contribution in [1.29, 1.82) is 0 Å². The Morgan fingerprint density at radius 2 is 1.96 bits per heavy atom. The highest BCUT2D eigenvalue weighted by atomic mass is 16.3. The van der Waals surface area contributed by atoms with E-state index in [4.69, 9.17) is 4.42 Å². The summed E-state index contributed by atoms with van der Waals surface area (Å²) in [6.45, 7) is 1.84. The van der Waals surface area contributed by atoms with E-state index in [-0.39, 0.29) is 17.6 Å². The van der Waals surface area contributed by atoms with Gasteiger partial charge in [-0.2, -0.15) is 5.10 Å². The van der Waals surface area contributed by atoms with Crippen molar-refractivity contribution in [3.8, 4) is 0 Å². The average molecular weight is 324 g/mol. The van der Waals surface area contributed by atoms with Crippen LogP contribution in [0, 0.1) is 6.92 Å². The van der Waals surface area contributed by atoms with E-state index >= 15 is 0 Å². The predicted octanol–water partition coefficient (Wildman–Crippen LogP) is 2.83. The number of carbonyl (C=O) groups is 2. The highest BCUT2D eigenvalue weighted by molar-refractivity contribution is 6.04. The Balaban J connectivity index is 1.72. The highest BCUT2D eigenvalue weighted by Crippen LogP contribution is 2.21. The topological polar surface area (TPSA) is 89.2 Å². The van der Waals surface area contributed by atoms with Gasteiger partial charge >= 0.3 is 0 Å². The maximum absolute atomic E-state index is 12.2. The third-order valence-corrected chi connectivity index (χ3v) is 3.53. The molecule has 0 saturated carbocycles. The van der Waals surface area contributed by atoms with E-state index in [1.165, 1.54) is 10.9 Å². The standard InChI is InChI=1S/C17H16N4O3/c1-11-10-12(19-16(22)14-7-8-18-21(14)2)5-6-13(11)20-17(23)15-4-3-9-24-15/h3-10H,1-2H3,(H,19,22)(H,20,23). The van der Waals surface area contributed by atoms with Crippen LogP contribution in [0.25, 0.3) is 0 Å². The molecule has 0 aliphatic rings. The molecule has 0 saturated heterocycles. The van der Waals surface area contributed by atoms with Gasteiger partial charge < -0.3 is 15.1 Å². The van der Waals surface area contributed by atoms with Crippen LogP contribution in [0.3, 0.4) is 0 Å². The lowest BCUT2D eigenvalue weighted by atomic mass is 10.1. The largest absolute Gasteiger partial charge is 0.459 e. The van der Waals surface area contributed by atoms with E-state index in [0.717, 1.165) is 5.56 Å². The van der Waals surface area contributed by atoms with Crippen molar-refractivity contribution in [3.05, 3.63) is 65.9 Å².